The van der Waals surface area contributed by atoms with Crippen molar-refractivity contribution in [3.63, 3.8) is 0 Å². The molecule has 0 atom stereocenters. The zero-order valence-corrected chi connectivity index (χ0v) is 14.7. The third-order valence-corrected chi connectivity index (χ3v) is 1.99. The van der Waals surface area contributed by atoms with Crippen molar-refractivity contribution in [1.29, 1.82) is 0 Å². The van der Waals surface area contributed by atoms with Gasteiger partial charge in [-0.1, -0.05) is 43.6 Å². The SMILES string of the molecule is C#C.CC(C)(C)OC(=O)NCc1cccc(/C=N/O)c1.CCC. The Balaban J connectivity index is 0. The summed E-state index contributed by atoms with van der Waals surface area (Å²) in [6.45, 7) is 10.0. The summed E-state index contributed by atoms with van der Waals surface area (Å²) >= 11 is 0. The van der Waals surface area contributed by atoms with Gasteiger partial charge in [-0.2, -0.15) is 0 Å². The Hall–Kier alpha value is -2.48. The fourth-order valence-corrected chi connectivity index (χ4v) is 1.34. The number of terminal acetylenes is 1. The van der Waals surface area contributed by atoms with E-state index in [9.17, 15) is 4.79 Å². The molecule has 5 nitrogen and oxygen atoms in total. The van der Waals surface area contributed by atoms with Gasteiger partial charge in [0.1, 0.15) is 5.60 Å². The van der Waals surface area contributed by atoms with Gasteiger partial charge in [-0.05, 0) is 38.0 Å². The molecule has 1 aromatic rings. The summed E-state index contributed by atoms with van der Waals surface area (Å²) in [5, 5.41) is 14.0. The van der Waals surface area contributed by atoms with Crippen LogP contribution in [0.5, 0.6) is 0 Å². The fourth-order valence-electron chi connectivity index (χ4n) is 1.34. The first-order valence-electron chi connectivity index (χ1n) is 7.39. The number of oxime groups is 1. The van der Waals surface area contributed by atoms with Gasteiger partial charge >= 0.3 is 6.09 Å². The molecule has 5 heteroatoms. The van der Waals surface area contributed by atoms with Crippen LogP contribution in [0.1, 0.15) is 52.2 Å². The van der Waals surface area contributed by atoms with Gasteiger partial charge in [0.15, 0.2) is 0 Å². The van der Waals surface area contributed by atoms with E-state index in [1.807, 2.05) is 39.0 Å². The van der Waals surface area contributed by atoms with E-state index in [0.717, 1.165) is 11.1 Å². The van der Waals surface area contributed by atoms with Gasteiger partial charge in [-0.15, -0.1) is 12.8 Å². The summed E-state index contributed by atoms with van der Waals surface area (Å²) in [5.41, 5.74) is 1.16. The summed E-state index contributed by atoms with van der Waals surface area (Å²) < 4.78 is 5.12. The van der Waals surface area contributed by atoms with E-state index < -0.39 is 11.7 Å². The normalized spacial score (nSPS) is 9.87. The van der Waals surface area contributed by atoms with Gasteiger partial charge in [0, 0.05) is 6.54 Å². The van der Waals surface area contributed by atoms with Crippen molar-refractivity contribution in [1.82, 2.24) is 5.32 Å². The molecule has 0 aliphatic rings. The lowest BCUT2D eigenvalue weighted by Gasteiger charge is -2.19. The van der Waals surface area contributed by atoms with Crippen molar-refractivity contribution in [2.75, 3.05) is 0 Å². The first kappa shape index (κ1) is 22.8. The second-order valence-corrected chi connectivity index (χ2v) is 5.55. The number of carbonyl (C=O) groups is 1. The standard InChI is InChI=1S/C13H18N2O3.C3H8.C2H2/c1-13(2,3)18-12(16)14-8-10-5-4-6-11(7-10)9-15-17;1-3-2;1-2/h4-7,9,17H,8H2,1-3H3,(H,14,16);3H2,1-2H3;1-2H/b15-9+;;. The number of nitrogens with zero attached hydrogens (tertiary/aromatic N) is 1. The van der Waals surface area contributed by atoms with E-state index in [0.29, 0.717) is 6.54 Å². The molecule has 0 spiro atoms. The maximum absolute atomic E-state index is 11.4. The fraction of sp³-hybridized carbons (Fsp3) is 0.444. The molecule has 0 saturated heterocycles. The molecule has 0 aliphatic heterocycles. The number of benzene rings is 1. The van der Waals surface area contributed by atoms with Crippen LogP contribution in [0, 0.1) is 12.8 Å². The molecular weight excluding hydrogens is 292 g/mol. The second kappa shape index (κ2) is 13.2. The molecule has 0 saturated carbocycles. The molecule has 128 valence electrons. The molecule has 2 N–H and O–H groups in total. The van der Waals surface area contributed by atoms with Crippen molar-refractivity contribution in [2.24, 2.45) is 5.16 Å². The predicted octanol–water partition coefficient (Wildman–Crippen LogP) is 4.19. The number of hydrogen-bond donors (Lipinski definition) is 2. The highest BCUT2D eigenvalue weighted by Gasteiger charge is 2.15. The molecule has 0 heterocycles. The molecule has 0 radical (unpaired) electrons. The lowest BCUT2D eigenvalue weighted by Crippen LogP contribution is -2.32. The van der Waals surface area contributed by atoms with Crippen LogP contribution in [-0.4, -0.2) is 23.1 Å². The van der Waals surface area contributed by atoms with Crippen LogP contribution in [0.4, 0.5) is 4.79 Å². The molecular formula is C18H28N2O3. The molecule has 23 heavy (non-hydrogen) atoms. The zero-order chi connectivity index (χ0) is 18.3. The monoisotopic (exact) mass is 320 g/mol. The summed E-state index contributed by atoms with van der Waals surface area (Å²) in [7, 11) is 0. The first-order valence-corrected chi connectivity index (χ1v) is 7.39. The third-order valence-electron chi connectivity index (χ3n) is 1.99. The Bertz CT molecular complexity index is 489. The van der Waals surface area contributed by atoms with Gasteiger partial charge in [0.05, 0.1) is 6.21 Å². The number of ether oxygens (including phenoxy) is 1. The number of nitrogens with one attached hydrogen (secondary N) is 1. The van der Waals surface area contributed by atoms with Crippen LogP contribution in [0.2, 0.25) is 0 Å². The van der Waals surface area contributed by atoms with Crippen molar-refractivity contribution in [3.05, 3.63) is 35.4 Å². The predicted molar refractivity (Wildman–Crippen MR) is 94.8 cm³/mol. The highest BCUT2D eigenvalue weighted by molar-refractivity contribution is 5.79. The van der Waals surface area contributed by atoms with Crippen molar-refractivity contribution < 1.29 is 14.7 Å². The lowest BCUT2D eigenvalue weighted by atomic mass is 10.1. The first-order chi connectivity index (χ1) is 10.8. The Morgan fingerprint density at radius 1 is 1.35 bits per heavy atom. The molecule has 0 fully saturated rings. The quantitative estimate of drug-likeness (QED) is 0.380. The zero-order valence-electron chi connectivity index (χ0n) is 14.7. The molecule has 0 bridgehead atoms. The summed E-state index contributed by atoms with van der Waals surface area (Å²) in [6.07, 6.45) is 10.1. The van der Waals surface area contributed by atoms with E-state index in [2.05, 4.69) is 37.2 Å². The van der Waals surface area contributed by atoms with E-state index in [-0.39, 0.29) is 0 Å². The molecule has 0 aromatic heterocycles. The Labute approximate surface area is 139 Å². The van der Waals surface area contributed by atoms with E-state index in [1.165, 1.54) is 12.6 Å². The lowest BCUT2D eigenvalue weighted by molar-refractivity contribution is 0.0523. The highest BCUT2D eigenvalue weighted by Crippen LogP contribution is 2.07. The van der Waals surface area contributed by atoms with Crippen LogP contribution >= 0.6 is 0 Å². The highest BCUT2D eigenvalue weighted by atomic mass is 16.6. The smallest absolute Gasteiger partial charge is 0.407 e. The topological polar surface area (TPSA) is 70.9 Å². The molecule has 0 unspecified atom stereocenters. The van der Waals surface area contributed by atoms with Crippen LogP contribution in [-0.2, 0) is 11.3 Å². The van der Waals surface area contributed by atoms with Crippen molar-refractivity contribution in [3.8, 4) is 12.8 Å². The maximum Gasteiger partial charge on any atom is 0.407 e. The number of alkyl carbamates (subject to hydrolysis) is 1. The molecule has 1 rings (SSSR count). The van der Waals surface area contributed by atoms with Crippen LogP contribution in [0.3, 0.4) is 0 Å². The minimum atomic E-state index is -0.504. The van der Waals surface area contributed by atoms with Crippen molar-refractivity contribution in [2.45, 2.75) is 53.2 Å². The van der Waals surface area contributed by atoms with E-state index in [4.69, 9.17) is 9.94 Å². The van der Waals surface area contributed by atoms with Gasteiger partial charge in [0.25, 0.3) is 0 Å². The average molecular weight is 320 g/mol. The number of carbonyl (C=O) groups excluding carboxylic acids is 1. The summed E-state index contributed by atoms with van der Waals surface area (Å²) in [6, 6.07) is 7.31. The van der Waals surface area contributed by atoms with Gasteiger partial charge < -0.3 is 15.3 Å². The third kappa shape index (κ3) is 14.2. The van der Waals surface area contributed by atoms with Gasteiger partial charge in [-0.25, -0.2) is 4.79 Å². The second-order valence-electron chi connectivity index (χ2n) is 5.55. The number of amides is 1. The molecule has 1 aromatic carbocycles. The van der Waals surface area contributed by atoms with E-state index >= 15 is 0 Å². The molecule has 0 aliphatic carbocycles. The molecule has 1 amide bonds. The Morgan fingerprint density at radius 3 is 2.39 bits per heavy atom. The Kier molecular flexibility index (Phi) is 13.1. The minimum absolute atomic E-state index is 0.363. The van der Waals surface area contributed by atoms with Gasteiger partial charge in [-0.3, -0.25) is 0 Å². The van der Waals surface area contributed by atoms with Crippen LogP contribution in [0.25, 0.3) is 0 Å². The average Bonchev–Trinajstić information content (AvgIpc) is 2.47. The van der Waals surface area contributed by atoms with Gasteiger partial charge in [0.2, 0.25) is 0 Å². The Morgan fingerprint density at radius 2 is 1.91 bits per heavy atom. The summed E-state index contributed by atoms with van der Waals surface area (Å²) in [5.74, 6) is 0. The number of rotatable bonds is 3. The minimum Gasteiger partial charge on any atom is -0.444 e. The van der Waals surface area contributed by atoms with E-state index in [1.54, 1.807) is 6.07 Å². The van der Waals surface area contributed by atoms with Crippen molar-refractivity contribution >= 4 is 12.3 Å². The summed E-state index contributed by atoms with van der Waals surface area (Å²) in [4.78, 5) is 11.4. The van der Waals surface area contributed by atoms with Crippen LogP contribution < -0.4 is 5.32 Å². The largest absolute Gasteiger partial charge is 0.444 e. The number of hydrogen-bond acceptors (Lipinski definition) is 4. The maximum atomic E-state index is 11.4. The van der Waals surface area contributed by atoms with Crippen LogP contribution in [0.15, 0.2) is 29.4 Å².